The second-order valence-electron chi connectivity index (χ2n) is 7.35. The topological polar surface area (TPSA) is 73.8 Å². The third kappa shape index (κ3) is 6.55. The number of ether oxygens (including phenoxy) is 1. The molecule has 0 spiro atoms. The summed E-state index contributed by atoms with van der Waals surface area (Å²) in [5, 5.41) is 15.3. The number of hydrogen-bond acceptors (Lipinski definition) is 4. The monoisotopic (exact) mass is 349 g/mol. The van der Waals surface area contributed by atoms with Gasteiger partial charge in [-0.2, -0.15) is 0 Å². The molecule has 1 aliphatic heterocycles. The smallest absolute Gasteiger partial charge is 0.315 e. The quantitative estimate of drug-likeness (QED) is 0.705. The number of urea groups is 1. The van der Waals surface area contributed by atoms with Crippen molar-refractivity contribution in [3.8, 4) is 5.75 Å². The SMILES string of the molecule is CC(CCc1ccc(O)cc1)NC(=O)NCC(C)(C)N1CCOCC1. The predicted octanol–water partition coefficient (Wildman–Crippen LogP) is 2.12. The van der Waals surface area contributed by atoms with Gasteiger partial charge < -0.3 is 20.5 Å². The van der Waals surface area contributed by atoms with E-state index in [1.54, 1.807) is 12.1 Å². The van der Waals surface area contributed by atoms with Gasteiger partial charge in [-0.05, 0) is 51.3 Å². The van der Waals surface area contributed by atoms with Crippen LogP contribution in [0.1, 0.15) is 32.8 Å². The van der Waals surface area contributed by atoms with Gasteiger partial charge in [0.1, 0.15) is 5.75 Å². The molecule has 1 aliphatic rings. The van der Waals surface area contributed by atoms with E-state index in [-0.39, 0.29) is 23.4 Å². The van der Waals surface area contributed by atoms with Crippen molar-refractivity contribution in [1.29, 1.82) is 0 Å². The molecule has 140 valence electrons. The van der Waals surface area contributed by atoms with Gasteiger partial charge in [0.05, 0.1) is 13.2 Å². The average molecular weight is 349 g/mol. The highest BCUT2D eigenvalue weighted by Crippen LogP contribution is 2.15. The van der Waals surface area contributed by atoms with Crippen LogP contribution in [0.5, 0.6) is 5.75 Å². The minimum Gasteiger partial charge on any atom is -0.508 e. The first-order chi connectivity index (χ1) is 11.9. The zero-order valence-corrected chi connectivity index (χ0v) is 15.5. The van der Waals surface area contributed by atoms with Gasteiger partial charge in [0.2, 0.25) is 0 Å². The summed E-state index contributed by atoms with van der Waals surface area (Å²) in [7, 11) is 0. The number of carbonyl (C=O) groups is 1. The fourth-order valence-corrected chi connectivity index (χ4v) is 2.97. The Kier molecular flexibility index (Phi) is 7.08. The summed E-state index contributed by atoms with van der Waals surface area (Å²) in [6.45, 7) is 10.2. The van der Waals surface area contributed by atoms with Gasteiger partial charge in [-0.1, -0.05) is 12.1 Å². The summed E-state index contributed by atoms with van der Waals surface area (Å²) < 4.78 is 5.39. The van der Waals surface area contributed by atoms with Gasteiger partial charge in [-0.15, -0.1) is 0 Å². The van der Waals surface area contributed by atoms with Crippen LogP contribution in [0, 0.1) is 0 Å². The molecule has 25 heavy (non-hydrogen) atoms. The van der Waals surface area contributed by atoms with E-state index in [0.717, 1.165) is 44.7 Å². The van der Waals surface area contributed by atoms with Crippen LogP contribution in [-0.4, -0.2) is 60.5 Å². The summed E-state index contributed by atoms with van der Waals surface area (Å²) in [4.78, 5) is 14.5. The van der Waals surface area contributed by atoms with E-state index >= 15 is 0 Å². The molecule has 1 atom stereocenters. The van der Waals surface area contributed by atoms with Crippen LogP contribution < -0.4 is 10.6 Å². The first kappa shape index (κ1) is 19.5. The summed E-state index contributed by atoms with van der Waals surface area (Å²) in [6.07, 6.45) is 1.71. The third-order valence-corrected chi connectivity index (χ3v) is 4.73. The molecular weight excluding hydrogens is 318 g/mol. The number of amides is 2. The molecule has 0 saturated carbocycles. The van der Waals surface area contributed by atoms with Crippen LogP contribution in [0.4, 0.5) is 4.79 Å². The molecule has 0 bridgehead atoms. The van der Waals surface area contributed by atoms with Crippen molar-refractivity contribution in [1.82, 2.24) is 15.5 Å². The molecule has 0 aromatic heterocycles. The van der Waals surface area contributed by atoms with Gasteiger partial charge in [0.15, 0.2) is 0 Å². The summed E-state index contributed by atoms with van der Waals surface area (Å²) in [6, 6.07) is 7.15. The third-order valence-electron chi connectivity index (χ3n) is 4.73. The zero-order valence-electron chi connectivity index (χ0n) is 15.5. The minimum atomic E-state index is -0.125. The Morgan fingerprint density at radius 2 is 1.92 bits per heavy atom. The van der Waals surface area contributed by atoms with Gasteiger partial charge in [-0.3, -0.25) is 4.90 Å². The number of rotatable bonds is 7. The van der Waals surface area contributed by atoms with Crippen molar-refractivity contribution in [2.75, 3.05) is 32.8 Å². The van der Waals surface area contributed by atoms with Crippen LogP contribution >= 0.6 is 0 Å². The fraction of sp³-hybridized carbons (Fsp3) is 0.632. The second kappa shape index (κ2) is 9.06. The van der Waals surface area contributed by atoms with Gasteiger partial charge in [0, 0.05) is 31.2 Å². The largest absolute Gasteiger partial charge is 0.508 e. The number of carbonyl (C=O) groups excluding carboxylic acids is 1. The molecule has 3 N–H and O–H groups in total. The number of aromatic hydroxyl groups is 1. The molecule has 1 unspecified atom stereocenters. The molecule has 2 amide bonds. The number of nitrogens with one attached hydrogen (secondary N) is 2. The Hall–Kier alpha value is -1.79. The number of phenols is 1. The van der Waals surface area contributed by atoms with Crippen molar-refractivity contribution < 1.29 is 14.6 Å². The first-order valence-corrected chi connectivity index (χ1v) is 9.02. The lowest BCUT2D eigenvalue weighted by molar-refractivity contribution is -0.00876. The van der Waals surface area contributed by atoms with Crippen molar-refractivity contribution in [3.63, 3.8) is 0 Å². The van der Waals surface area contributed by atoms with E-state index in [1.165, 1.54) is 0 Å². The number of benzene rings is 1. The summed E-state index contributed by atoms with van der Waals surface area (Å²) >= 11 is 0. The lowest BCUT2D eigenvalue weighted by Gasteiger charge is -2.40. The minimum absolute atomic E-state index is 0.0836. The lowest BCUT2D eigenvalue weighted by Crippen LogP contribution is -2.56. The molecule has 1 aromatic carbocycles. The van der Waals surface area contributed by atoms with E-state index in [9.17, 15) is 9.90 Å². The number of morpholine rings is 1. The van der Waals surface area contributed by atoms with Crippen molar-refractivity contribution in [3.05, 3.63) is 29.8 Å². The van der Waals surface area contributed by atoms with E-state index in [2.05, 4.69) is 29.4 Å². The highest BCUT2D eigenvalue weighted by atomic mass is 16.5. The predicted molar refractivity (Wildman–Crippen MR) is 98.9 cm³/mol. The maximum atomic E-state index is 12.1. The molecule has 2 rings (SSSR count). The number of aryl methyl sites for hydroxylation is 1. The van der Waals surface area contributed by atoms with Gasteiger partial charge in [0.25, 0.3) is 0 Å². The lowest BCUT2D eigenvalue weighted by atomic mass is 10.0. The Morgan fingerprint density at radius 3 is 2.56 bits per heavy atom. The van der Waals surface area contributed by atoms with Crippen molar-refractivity contribution >= 4 is 6.03 Å². The van der Waals surface area contributed by atoms with Gasteiger partial charge in [-0.25, -0.2) is 4.79 Å². The maximum absolute atomic E-state index is 12.1. The van der Waals surface area contributed by atoms with E-state index < -0.39 is 0 Å². The molecular formula is C19H31N3O3. The van der Waals surface area contributed by atoms with Crippen LogP contribution in [-0.2, 0) is 11.2 Å². The van der Waals surface area contributed by atoms with E-state index in [4.69, 9.17) is 4.74 Å². The van der Waals surface area contributed by atoms with Crippen LogP contribution in [0.15, 0.2) is 24.3 Å². The molecule has 1 aromatic rings. The van der Waals surface area contributed by atoms with E-state index in [1.807, 2.05) is 19.1 Å². The number of phenolic OH excluding ortho intramolecular Hbond substituents is 1. The zero-order chi connectivity index (χ0) is 18.3. The summed E-state index contributed by atoms with van der Waals surface area (Å²) in [5.41, 5.74) is 1.07. The highest BCUT2D eigenvalue weighted by Gasteiger charge is 2.28. The van der Waals surface area contributed by atoms with E-state index in [0.29, 0.717) is 6.54 Å². The van der Waals surface area contributed by atoms with Crippen LogP contribution in [0.3, 0.4) is 0 Å². The Bertz CT molecular complexity index is 539. The molecule has 0 radical (unpaired) electrons. The highest BCUT2D eigenvalue weighted by molar-refractivity contribution is 5.74. The first-order valence-electron chi connectivity index (χ1n) is 9.02. The molecule has 6 heteroatoms. The maximum Gasteiger partial charge on any atom is 0.315 e. The van der Waals surface area contributed by atoms with Crippen molar-refractivity contribution in [2.45, 2.75) is 45.2 Å². The second-order valence-corrected chi connectivity index (χ2v) is 7.35. The standard InChI is InChI=1S/C19H31N3O3/c1-15(4-5-16-6-8-17(23)9-7-16)21-18(24)20-14-19(2,3)22-10-12-25-13-11-22/h6-9,15,23H,4-5,10-14H2,1-3H3,(H2,20,21,24). The van der Waals surface area contributed by atoms with Crippen molar-refractivity contribution in [2.24, 2.45) is 0 Å². The summed E-state index contributed by atoms with van der Waals surface area (Å²) in [5.74, 6) is 0.275. The Morgan fingerprint density at radius 1 is 1.28 bits per heavy atom. The average Bonchev–Trinajstić information content (AvgIpc) is 2.60. The molecule has 0 aliphatic carbocycles. The normalized spacial score (nSPS) is 17.1. The molecule has 1 saturated heterocycles. The molecule has 6 nitrogen and oxygen atoms in total. The van der Waals surface area contributed by atoms with Crippen LogP contribution in [0.25, 0.3) is 0 Å². The fourth-order valence-electron chi connectivity index (χ4n) is 2.97. The number of hydrogen-bond donors (Lipinski definition) is 3. The molecule has 1 heterocycles. The number of nitrogens with zero attached hydrogens (tertiary/aromatic N) is 1. The molecule has 1 fully saturated rings. The Balaban J connectivity index is 1.69. The Labute approximate surface area is 150 Å². The van der Waals surface area contributed by atoms with Crippen LogP contribution in [0.2, 0.25) is 0 Å². The van der Waals surface area contributed by atoms with Gasteiger partial charge >= 0.3 is 6.03 Å².